The summed E-state index contributed by atoms with van der Waals surface area (Å²) in [6.07, 6.45) is -8.01. The second-order valence-corrected chi connectivity index (χ2v) is 23.3. The number of ether oxygens (including phenoxy) is 6. The molecule has 0 spiro atoms. The van der Waals surface area contributed by atoms with Gasteiger partial charge in [-0.1, -0.05) is 66.2 Å². The van der Waals surface area contributed by atoms with E-state index in [1.165, 1.54) is 13.2 Å². The summed E-state index contributed by atoms with van der Waals surface area (Å²) >= 11 is 0. The molecule has 16 nitrogen and oxygen atoms in total. The van der Waals surface area contributed by atoms with E-state index in [1.54, 1.807) is 12.1 Å². The predicted octanol–water partition coefficient (Wildman–Crippen LogP) is 3.82. The zero-order valence-electron chi connectivity index (χ0n) is 40.4. The highest BCUT2D eigenvalue weighted by atomic mass is 16.8. The average molecular weight is 945 g/mol. The van der Waals surface area contributed by atoms with Gasteiger partial charge >= 0.3 is 11.9 Å². The summed E-state index contributed by atoms with van der Waals surface area (Å²) in [5, 5.41) is 87.5. The lowest BCUT2D eigenvalue weighted by molar-refractivity contribution is -0.347. The van der Waals surface area contributed by atoms with E-state index in [0.717, 1.165) is 37.7 Å². The summed E-state index contributed by atoms with van der Waals surface area (Å²) in [6.45, 7) is 14.7. The fourth-order valence-corrected chi connectivity index (χ4v) is 14.7. The molecule has 376 valence electrons. The van der Waals surface area contributed by atoms with E-state index in [9.17, 15) is 45.6 Å². The normalized spacial score (nSPS) is 45.5. The maximum Gasteiger partial charge on any atom is 0.317 e. The maximum absolute atomic E-state index is 15.4. The fourth-order valence-electron chi connectivity index (χ4n) is 14.7. The van der Waals surface area contributed by atoms with Crippen LogP contribution < -0.4 is 4.74 Å². The van der Waals surface area contributed by atoms with Crippen molar-refractivity contribution < 1.29 is 78.9 Å². The number of aromatic hydroxyl groups is 1. The zero-order valence-corrected chi connectivity index (χ0v) is 40.4. The van der Waals surface area contributed by atoms with Crippen molar-refractivity contribution in [2.75, 3.05) is 20.3 Å². The summed E-state index contributed by atoms with van der Waals surface area (Å²) < 4.78 is 35.3. The monoisotopic (exact) mass is 945 g/mol. The Morgan fingerprint density at radius 1 is 0.806 bits per heavy atom. The number of allylic oxidation sites excluding steroid dienone is 2. The molecule has 6 fully saturated rings. The van der Waals surface area contributed by atoms with Crippen LogP contribution in [0.5, 0.6) is 11.5 Å². The molecule has 5 aliphatic carbocycles. The van der Waals surface area contributed by atoms with E-state index in [1.807, 2.05) is 0 Å². The molecule has 2 aliphatic heterocycles. The zero-order chi connectivity index (χ0) is 48.8. The maximum atomic E-state index is 15.4. The van der Waals surface area contributed by atoms with E-state index >= 15 is 4.79 Å². The smallest absolute Gasteiger partial charge is 0.317 e. The van der Waals surface area contributed by atoms with Crippen LogP contribution >= 0.6 is 0 Å². The number of fused-ring (bicyclic) bond motifs is 7. The minimum Gasteiger partial charge on any atom is -0.504 e. The van der Waals surface area contributed by atoms with Gasteiger partial charge in [-0.2, -0.15) is 0 Å². The third kappa shape index (κ3) is 8.24. The van der Waals surface area contributed by atoms with Crippen molar-refractivity contribution in [3.05, 3.63) is 35.4 Å². The summed E-state index contributed by atoms with van der Waals surface area (Å²) in [6, 6.07) is 4.62. The Kier molecular flexibility index (Phi) is 13.6. The number of benzene rings is 1. The lowest BCUT2D eigenvalue weighted by atomic mass is 9.33. The topological polar surface area (TPSA) is 251 Å². The van der Waals surface area contributed by atoms with E-state index in [0.29, 0.717) is 37.2 Å². The molecule has 1 aromatic rings. The van der Waals surface area contributed by atoms with Crippen LogP contribution in [0.1, 0.15) is 118 Å². The van der Waals surface area contributed by atoms with E-state index in [-0.39, 0.29) is 58.0 Å². The van der Waals surface area contributed by atoms with Crippen LogP contribution in [0.15, 0.2) is 29.8 Å². The fraction of sp³-hybridized carbons (Fsp3) is 0.804. The number of esters is 2. The van der Waals surface area contributed by atoms with Crippen LogP contribution in [-0.4, -0.2) is 141 Å². The number of phenols is 1. The van der Waals surface area contributed by atoms with E-state index < -0.39 is 103 Å². The van der Waals surface area contributed by atoms with E-state index in [2.05, 4.69) is 54.5 Å². The van der Waals surface area contributed by atoms with Gasteiger partial charge in [0.2, 0.25) is 6.29 Å². The molecule has 16 heteroatoms. The highest BCUT2D eigenvalue weighted by Gasteiger charge is 2.72. The van der Waals surface area contributed by atoms with Crippen molar-refractivity contribution in [1.82, 2.24) is 0 Å². The minimum atomic E-state index is -1.87. The van der Waals surface area contributed by atoms with Gasteiger partial charge in [-0.05, 0) is 127 Å². The van der Waals surface area contributed by atoms with Gasteiger partial charge in [-0.3, -0.25) is 9.59 Å². The Balaban J connectivity index is 1.11. The van der Waals surface area contributed by atoms with Crippen molar-refractivity contribution in [2.24, 2.45) is 50.2 Å². The van der Waals surface area contributed by atoms with Crippen LogP contribution in [0.4, 0.5) is 0 Å². The molecule has 8 N–H and O–H groups in total. The summed E-state index contributed by atoms with van der Waals surface area (Å²) in [7, 11) is 1.40. The standard InChI is InChI=1S/C51H76O16/c1-46(2)19-20-51(28(22-46)27-11-13-34-48(5)17-16-35(55)47(3,4)33(48)15-18-49(34,6)50(27,7)23-36(51)56)45(61)67-44-42(65-37(57)14-10-26-9-12-29(53)31(21-26)62-8)41(30(54)25-63-44)66-43-40(60)39(59)38(58)32(24-52)64-43/h9,11-12,21,28,30,32-36,38-44,52-56,58-60H,10,13-20,22-25H2,1-8H3/t28-,30-,32+,33-,34+,35-,36+,38+,39-,40+,41-,42+,43-,44-,48-,49+,50+,51+/m0/s1. The number of hydrogen-bond acceptors (Lipinski definition) is 16. The van der Waals surface area contributed by atoms with Crippen LogP contribution in [0.25, 0.3) is 0 Å². The molecule has 7 aliphatic rings. The molecule has 8 rings (SSSR count). The van der Waals surface area contributed by atoms with Crippen LogP contribution in [-0.2, 0) is 39.7 Å². The number of aliphatic hydroxyl groups is 7. The van der Waals surface area contributed by atoms with Crippen molar-refractivity contribution in [2.45, 2.75) is 187 Å². The average Bonchev–Trinajstić information content (AvgIpc) is 3.27. The Hall–Kier alpha value is -2.90. The Bertz CT molecular complexity index is 2040. The van der Waals surface area contributed by atoms with Gasteiger partial charge in [0.25, 0.3) is 0 Å². The molecule has 0 radical (unpaired) electrons. The highest BCUT2D eigenvalue weighted by Crippen LogP contribution is 2.76. The van der Waals surface area contributed by atoms with Crippen molar-refractivity contribution in [3.8, 4) is 11.5 Å². The first-order chi connectivity index (χ1) is 31.4. The van der Waals surface area contributed by atoms with Gasteiger partial charge in [-0.25, -0.2) is 0 Å². The lowest BCUT2D eigenvalue weighted by Gasteiger charge is -2.71. The van der Waals surface area contributed by atoms with Crippen molar-refractivity contribution in [3.63, 3.8) is 0 Å². The molecule has 0 bridgehead atoms. The van der Waals surface area contributed by atoms with Gasteiger partial charge in [0, 0.05) is 6.42 Å². The number of methoxy groups -OCH3 is 1. The summed E-state index contributed by atoms with van der Waals surface area (Å²) in [5.41, 5.74) is -0.770. The van der Waals surface area contributed by atoms with Gasteiger partial charge in [0.1, 0.15) is 42.0 Å². The summed E-state index contributed by atoms with van der Waals surface area (Å²) in [5.74, 6) is -1.22. The lowest BCUT2D eigenvalue weighted by Crippen LogP contribution is -2.68. The largest absolute Gasteiger partial charge is 0.504 e. The SMILES string of the molecule is COc1cc(CCC(=O)O[C@H]2[C@H](OC(=O)[C@]34CCC(C)(C)C[C@H]3C3=CC[C@@H]5[C@@]6(C)CC[C@H](O)C(C)(C)[C@@H]6CC[C@@]5(C)[C@]3(C)C[C@H]4O)OC[C@H](O)[C@@H]2O[C@@H]2O[C@H](CO)[C@@H](O)[C@H](O)[C@H]2O)ccc1O. The molecule has 1 aromatic carbocycles. The molecule has 0 aromatic heterocycles. The quantitative estimate of drug-likeness (QED) is 0.123. The van der Waals surface area contributed by atoms with Crippen molar-refractivity contribution in [1.29, 1.82) is 0 Å². The molecule has 2 heterocycles. The Morgan fingerprint density at radius 3 is 2.24 bits per heavy atom. The summed E-state index contributed by atoms with van der Waals surface area (Å²) in [4.78, 5) is 29.2. The number of phenolic OH excluding ortho intramolecular Hbond substituents is 1. The van der Waals surface area contributed by atoms with Gasteiger partial charge in [0.15, 0.2) is 23.9 Å². The first kappa shape index (κ1) is 50.5. The molecule has 67 heavy (non-hydrogen) atoms. The van der Waals surface area contributed by atoms with Gasteiger partial charge < -0.3 is 69.3 Å². The van der Waals surface area contributed by atoms with Gasteiger partial charge in [-0.15, -0.1) is 0 Å². The van der Waals surface area contributed by atoms with Crippen LogP contribution in [0.3, 0.4) is 0 Å². The second kappa shape index (κ2) is 18.1. The number of rotatable bonds is 10. The molecule has 2 saturated heterocycles. The number of carbonyl (C=O) groups excluding carboxylic acids is 2. The molecule has 4 saturated carbocycles. The van der Waals surface area contributed by atoms with Crippen molar-refractivity contribution >= 4 is 11.9 Å². The second-order valence-electron chi connectivity index (χ2n) is 23.3. The molecular weight excluding hydrogens is 869 g/mol. The molecule has 0 amide bonds. The Labute approximate surface area is 393 Å². The highest BCUT2D eigenvalue weighted by molar-refractivity contribution is 5.80. The molecule has 18 atom stereocenters. The third-order valence-corrected chi connectivity index (χ3v) is 18.9. The number of hydrogen-bond donors (Lipinski definition) is 8. The first-order valence-corrected chi connectivity index (χ1v) is 24.5. The van der Waals surface area contributed by atoms with E-state index in [4.69, 9.17) is 28.4 Å². The predicted molar refractivity (Wildman–Crippen MR) is 240 cm³/mol. The van der Waals surface area contributed by atoms with Crippen LogP contribution in [0.2, 0.25) is 0 Å². The number of aryl methyl sites for hydroxylation is 1. The first-order valence-electron chi connectivity index (χ1n) is 24.5. The molecular formula is C51H76O16. The third-order valence-electron chi connectivity index (χ3n) is 18.9. The number of aliphatic hydroxyl groups excluding tert-OH is 7. The van der Waals surface area contributed by atoms with Gasteiger partial charge in [0.05, 0.1) is 32.5 Å². The Morgan fingerprint density at radius 2 is 1.54 bits per heavy atom. The number of carbonyl (C=O) groups is 2. The minimum absolute atomic E-state index is 0.0362. The molecule has 0 unspecified atom stereocenters. The van der Waals surface area contributed by atoms with Crippen LogP contribution in [0, 0.1) is 50.2 Å².